The van der Waals surface area contributed by atoms with E-state index in [4.69, 9.17) is 11.5 Å². The van der Waals surface area contributed by atoms with Crippen LogP contribution in [0.1, 0.15) is 65.2 Å². The van der Waals surface area contributed by atoms with Crippen LogP contribution in [0, 0.1) is 0 Å². The van der Waals surface area contributed by atoms with E-state index in [0.29, 0.717) is 5.75 Å². The fourth-order valence-electron chi connectivity index (χ4n) is 5.64. The number of nitrogens with two attached hydrogens (primary N) is 2. The van der Waals surface area contributed by atoms with E-state index in [-0.39, 0.29) is 18.6 Å². The summed E-state index contributed by atoms with van der Waals surface area (Å²) in [6.07, 6.45) is -3.71. The van der Waals surface area contributed by atoms with Gasteiger partial charge >= 0.3 is 23.9 Å². The van der Waals surface area contributed by atoms with Crippen LogP contribution in [0.3, 0.4) is 0 Å². The molecule has 31 heteroatoms. The molecule has 0 saturated heterocycles. The van der Waals surface area contributed by atoms with Crippen molar-refractivity contribution in [3.05, 3.63) is 0 Å². The molecule has 390 valence electrons. The summed E-state index contributed by atoms with van der Waals surface area (Å²) in [4.78, 5) is 165. The van der Waals surface area contributed by atoms with Crippen molar-refractivity contribution >= 4 is 101 Å². The molecule has 29 nitrogen and oxygen atoms in total. The number of amides is 9. The molecule has 0 heterocycles. The Morgan fingerprint density at radius 1 is 0.464 bits per heavy atom. The van der Waals surface area contributed by atoms with Gasteiger partial charge in [0.2, 0.25) is 53.2 Å². The van der Waals surface area contributed by atoms with Crippen LogP contribution in [-0.2, 0) is 62.3 Å². The van der Waals surface area contributed by atoms with Crippen LogP contribution in [0.25, 0.3) is 0 Å². The summed E-state index contributed by atoms with van der Waals surface area (Å²) >= 11 is 2.45. The number of carboxylic acids is 4. The van der Waals surface area contributed by atoms with Gasteiger partial charge in [-0.25, -0.2) is 4.79 Å². The number of aliphatic hydroxyl groups is 2. The topological polar surface area (TPSA) is 492 Å². The van der Waals surface area contributed by atoms with E-state index in [0.717, 1.165) is 6.92 Å². The quantitative estimate of drug-likeness (QED) is 0.0281. The third-order valence-electron chi connectivity index (χ3n) is 9.37. The van der Waals surface area contributed by atoms with Crippen molar-refractivity contribution in [1.29, 1.82) is 0 Å². The van der Waals surface area contributed by atoms with Crippen molar-refractivity contribution in [1.82, 2.24) is 42.5 Å². The monoisotopic (exact) mass is 1030 g/mol. The lowest BCUT2D eigenvalue weighted by Crippen LogP contribution is -2.61. The average Bonchev–Trinajstić information content (AvgIpc) is 3.25. The van der Waals surface area contributed by atoms with Gasteiger partial charge in [-0.2, -0.15) is 23.5 Å². The largest absolute Gasteiger partial charge is 0.481 e. The number of carbonyl (C=O) groups excluding carboxylic acids is 9. The van der Waals surface area contributed by atoms with Gasteiger partial charge < -0.3 is 84.6 Å². The standard InChI is InChI=1S/C38H62N10O19S2/c1-16(39)30(58)47-24(15-49)36(64)46-23(14-28(56)57)35(63)42-18(5-7-26(52)53)31(59)45-22(13-25(40)51)34(62)43-20(9-11-68-3)32(60)41-19(6-8-27(54)55)33(61)48-29(17(2)50)37(65)44-21(38(66)67)10-12-69-4/h16-24,29,49-50H,5-15,39H2,1-4H3,(H2,40,51)(H,41,60)(H,42,63)(H,43,62)(H,44,65)(H,45,59)(H,46,64)(H,47,58)(H,48,61)(H,52,53)(H,54,55)(H,56,57)(H,66,67)/t16-,17+,18-,19-,20-,21-,22-,23-,24-,29-/m0/s1. The minimum absolute atomic E-state index is 0.0299. The van der Waals surface area contributed by atoms with E-state index >= 15 is 0 Å². The summed E-state index contributed by atoms with van der Waals surface area (Å²) in [5.74, 6) is -16.5. The molecule has 0 saturated carbocycles. The highest BCUT2D eigenvalue weighted by molar-refractivity contribution is 7.98. The van der Waals surface area contributed by atoms with Gasteiger partial charge in [0, 0.05) is 12.8 Å². The Labute approximate surface area is 402 Å². The van der Waals surface area contributed by atoms with Crippen LogP contribution in [0.2, 0.25) is 0 Å². The minimum Gasteiger partial charge on any atom is -0.481 e. The highest BCUT2D eigenvalue weighted by atomic mass is 32.2. The zero-order valence-corrected chi connectivity index (χ0v) is 39.6. The number of thioether (sulfide) groups is 2. The van der Waals surface area contributed by atoms with Crippen LogP contribution in [0.5, 0.6) is 0 Å². The molecule has 0 aliphatic rings. The van der Waals surface area contributed by atoms with Gasteiger partial charge in [0.25, 0.3) is 0 Å². The Kier molecular flexibility index (Phi) is 29.5. The lowest BCUT2D eigenvalue weighted by Gasteiger charge is -2.28. The number of carbonyl (C=O) groups is 13. The fourth-order valence-corrected chi connectivity index (χ4v) is 6.59. The Morgan fingerprint density at radius 3 is 1.17 bits per heavy atom. The van der Waals surface area contributed by atoms with E-state index < -0.39 is 183 Å². The maximum atomic E-state index is 13.8. The third kappa shape index (κ3) is 25.0. The normalized spacial score (nSPS) is 15.2. The predicted octanol–water partition coefficient (Wildman–Crippen LogP) is -6.74. The zero-order chi connectivity index (χ0) is 53.1. The molecule has 10 atom stereocenters. The molecule has 0 unspecified atom stereocenters. The SMILES string of the molecule is CSCC[C@H](NC(=O)[C@@H](NC(=O)[C@H](CCC(=O)O)NC(=O)[C@H](CCSC)NC(=O)[C@H](CC(N)=O)NC(=O)[C@H](CCC(=O)O)NC(=O)[C@H](CC(=O)O)NC(=O)[C@H](CO)NC(=O)[C@H](C)N)[C@@H](C)O)C(=O)O. The molecule has 0 aromatic carbocycles. The summed E-state index contributed by atoms with van der Waals surface area (Å²) < 4.78 is 0. The minimum atomic E-state index is -2.03. The van der Waals surface area contributed by atoms with Crippen molar-refractivity contribution in [2.75, 3.05) is 30.6 Å². The molecule has 0 rings (SSSR count). The van der Waals surface area contributed by atoms with Gasteiger partial charge in [-0.15, -0.1) is 0 Å². The number of rotatable bonds is 35. The van der Waals surface area contributed by atoms with E-state index in [1.165, 1.54) is 30.4 Å². The van der Waals surface area contributed by atoms with Crippen LogP contribution in [0.4, 0.5) is 0 Å². The van der Waals surface area contributed by atoms with Gasteiger partial charge in [-0.05, 0) is 63.5 Å². The van der Waals surface area contributed by atoms with Crippen molar-refractivity contribution in [2.24, 2.45) is 11.5 Å². The van der Waals surface area contributed by atoms with Crippen LogP contribution >= 0.6 is 23.5 Å². The van der Waals surface area contributed by atoms with Crippen LogP contribution in [0.15, 0.2) is 0 Å². The van der Waals surface area contributed by atoms with E-state index in [2.05, 4.69) is 37.2 Å². The second-order valence-electron chi connectivity index (χ2n) is 15.2. The van der Waals surface area contributed by atoms with Crippen LogP contribution in [-0.4, -0.2) is 199 Å². The molecule has 0 spiro atoms. The fraction of sp³-hybridized carbons (Fsp3) is 0.658. The Bertz CT molecular complexity index is 1860. The van der Waals surface area contributed by atoms with Crippen LogP contribution < -0.4 is 54.0 Å². The number of aliphatic hydroxyl groups excluding tert-OH is 2. The first kappa shape index (κ1) is 62.7. The maximum absolute atomic E-state index is 13.8. The Hall–Kier alpha value is -6.31. The summed E-state index contributed by atoms with van der Waals surface area (Å²) in [6.45, 7) is 1.29. The molecule has 0 aliphatic heterocycles. The molecule has 9 amide bonds. The van der Waals surface area contributed by atoms with E-state index in [1.54, 1.807) is 12.5 Å². The van der Waals surface area contributed by atoms with Gasteiger partial charge in [-0.3, -0.25) is 57.5 Å². The van der Waals surface area contributed by atoms with Crippen molar-refractivity contribution in [3.63, 3.8) is 0 Å². The molecule has 18 N–H and O–H groups in total. The molecule has 0 bridgehead atoms. The summed E-state index contributed by atoms with van der Waals surface area (Å²) in [6, 6.07) is -15.5. The second-order valence-corrected chi connectivity index (χ2v) is 17.1. The zero-order valence-electron chi connectivity index (χ0n) is 38.0. The highest BCUT2D eigenvalue weighted by Gasteiger charge is 2.36. The average molecular weight is 1030 g/mol. The molecule has 0 fully saturated rings. The molecule has 0 aliphatic carbocycles. The lowest BCUT2D eigenvalue weighted by atomic mass is 10.1. The number of hydrogen-bond acceptors (Lipinski definition) is 18. The highest BCUT2D eigenvalue weighted by Crippen LogP contribution is 2.09. The maximum Gasteiger partial charge on any atom is 0.326 e. The first-order valence-corrected chi connectivity index (χ1v) is 23.6. The summed E-state index contributed by atoms with van der Waals surface area (Å²) in [5, 5.41) is 74.8. The first-order valence-electron chi connectivity index (χ1n) is 20.8. The number of hydrogen-bond donors (Lipinski definition) is 16. The van der Waals surface area contributed by atoms with Gasteiger partial charge in [0.1, 0.15) is 48.3 Å². The molecule has 0 radical (unpaired) electrons. The van der Waals surface area contributed by atoms with Crippen molar-refractivity contribution in [3.8, 4) is 0 Å². The van der Waals surface area contributed by atoms with E-state index in [9.17, 15) is 93.0 Å². The van der Waals surface area contributed by atoms with Gasteiger partial charge in [0.15, 0.2) is 0 Å². The molecule has 0 aromatic heterocycles. The second kappa shape index (κ2) is 32.4. The number of primary amides is 1. The first-order chi connectivity index (χ1) is 32.2. The number of carboxylic acid groups (broad SMARTS) is 4. The van der Waals surface area contributed by atoms with Gasteiger partial charge in [-0.1, -0.05) is 0 Å². The third-order valence-corrected chi connectivity index (χ3v) is 10.7. The lowest BCUT2D eigenvalue weighted by molar-refractivity contribution is -0.143. The smallest absolute Gasteiger partial charge is 0.326 e. The number of nitrogens with one attached hydrogen (secondary N) is 8. The van der Waals surface area contributed by atoms with Crippen molar-refractivity contribution < 1.29 is 93.0 Å². The van der Waals surface area contributed by atoms with E-state index in [1.807, 2.05) is 5.32 Å². The summed E-state index contributed by atoms with van der Waals surface area (Å²) in [5.41, 5.74) is 10.8. The Balaban J connectivity index is 6.67. The number of aliphatic carboxylic acids is 4. The van der Waals surface area contributed by atoms with Gasteiger partial charge in [0.05, 0.1) is 31.6 Å². The summed E-state index contributed by atoms with van der Waals surface area (Å²) in [7, 11) is 0. The molecule has 0 aromatic rings. The molecule has 69 heavy (non-hydrogen) atoms. The molecular weight excluding hydrogens is 965 g/mol. The van der Waals surface area contributed by atoms with Crippen molar-refractivity contribution in [2.45, 2.75) is 126 Å². The Morgan fingerprint density at radius 2 is 0.812 bits per heavy atom. The molecular formula is C38H62N10O19S2. The predicted molar refractivity (Wildman–Crippen MR) is 241 cm³/mol.